The molecule has 7 nitrogen and oxygen atoms in total. The van der Waals surface area contributed by atoms with E-state index < -0.39 is 0 Å². The van der Waals surface area contributed by atoms with Gasteiger partial charge < -0.3 is 15.5 Å². The first-order chi connectivity index (χ1) is 11.3. The molecule has 1 fully saturated rings. The van der Waals surface area contributed by atoms with E-state index in [-0.39, 0.29) is 0 Å². The van der Waals surface area contributed by atoms with Gasteiger partial charge in [0.1, 0.15) is 11.3 Å². The summed E-state index contributed by atoms with van der Waals surface area (Å²) in [5.41, 5.74) is 9.14. The number of nitrogens with zero attached hydrogens (tertiary/aromatic N) is 3. The molecule has 1 saturated carbocycles. The second kappa shape index (κ2) is 4.45. The van der Waals surface area contributed by atoms with E-state index in [1.807, 2.05) is 24.3 Å². The lowest BCUT2D eigenvalue weighted by Crippen LogP contribution is -2.00. The molecule has 4 N–H and O–H groups in total. The molecule has 0 aliphatic heterocycles. The Balaban J connectivity index is 1.53. The van der Waals surface area contributed by atoms with E-state index in [4.69, 9.17) is 10.2 Å². The molecule has 0 bridgehead atoms. The zero-order valence-electron chi connectivity index (χ0n) is 12.2. The van der Waals surface area contributed by atoms with Gasteiger partial charge in [0.25, 0.3) is 0 Å². The lowest BCUT2D eigenvalue weighted by atomic mass is 10.2. The molecule has 0 spiro atoms. The van der Waals surface area contributed by atoms with Gasteiger partial charge in [-0.25, -0.2) is 4.98 Å². The minimum atomic E-state index is 0.354. The van der Waals surface area contributed by atoms with Gasteiger partial charge in [0.15, 0.2) is 11.4 Å². The van der Waals surface area contributed by atoms with Gasteiger partial charge in [0.05, 0.1) is 11.7 Å². The maximum Gasteiger partial charge on any atom is 0.229 e. The second-order valence-corrected chi connectivity index (χ2v) is 5.87. The maximum atomic E-state index is 6.02. The fourth-order valence-electron chi connectivity index (χ4n) is 2.74. The van der Waals surface area contributed by atoms with Crippen molar-refractivity contribution < 1.29 is 4.42 Å². The Labute approximate surface area is 130 Å². The van der Waals surface area contributed by atoms with E-state index in [0.717, 1.165) is 27.9 Å². The van der Waals surface area contributed by atoms with Crippen LogP contribution in [0.2, 0.25) is 0 Å². The summed E-state index contributed by atoms with van der Waals surface area (Å²) in [7, 11) is 0. The van der Waals surface area contributed by atoms with Crippen LogP contribution in [0.4, 0.5) is 17.5 Å². The number of anilines is 3. The van der Waals surface area contributed by atoms with Gasteiger partial charge in [-0.05, 0) is 31.0 Å². The number of nitrogens with two attached hydrogens (primary N) is 1. The van der Waals surface area contributed by atoms with Crippen molar-refractivity contribution in [3.8, 4) is 0 Å². The topological polar surface area (TPSA) is 106 Å². The van der Waals surface area contributed by atoms with Crippen LogP contribution in [0, 0.1) is 0 Å². The predicted octanol–water partition coefficient (Wildman–Crippen LogP) is 3.30. The minimum Gasteiger partial charge on any atom is -0.455 e. The van der Waals surface area contributed by atoms with E-state index in [2.05, 4.69) is 25.5 Å². The quantitative estimate of drug-likeness (QED) is 0.536. The SMILES string of the molecule is Nc1nc(Nc2ccc3cn[nH]c3c2)nc2cc(C3CC3)oc12. The highest BCUT2D eigenvalue weighted by Gasteiger charge is 2.28. The Hall–Kier alpha value is -3.09. The third-order valence-electron chi connectivity index (χ3n) is 4.09. The molecule has 1 aliphatic carbocycles. The molecule has 0 atom stereocenters. The van der Waals surface area contributed by atoms with Gasteiger partial charge >= 0.3 is 0 Å². The van der Waals surface area contributed by atoms with Gasteiger partial charge in [-0.15, -0.1) is 0 Å². The molecule has 0 amide bonds. The first-order valence-electron chi connectivity index (χ1n) is 7.53. The highest BCUT2D eigenvalue weighted by molar-refractivity contribution is 5.86. The van der Waals surface area contributed by atoms with Crippen molar-refractivity contribution >= 4 is 39.5 Å². The van der Waals surface area contributed by atoms with E-state index in [1.165, 1.54) is 12.8 Å². The fraction of sp³-hybridized carbons (Fsp3) is 0.188. The molecular weight excluding hydrogens is 292 g/mol. The Morgan fingerprint density at radius 3 is 3.00 bits per heavy atom. The summed E-state index contributed by atoms with van der Waals surface area (Å²) in [6.45, 7) is 0. The number of nitrogen functional groups attached to an aromatic ring is 1. The largest absolute Gasteiger partial charge is 0.455 e. The molecule has 0 radical (unpaired) electrons. The number of nitrogens with one attached hydrogen (secondary N) is 2. The molecule has 1 aromatic carbocycles. The summed E-state index contributed by atoms with van der Waals surface area (Å²) in [5, 5.41) is 11.2. The van der Waals surface area contributed by atoms with Crippen LogP contribution in [0.3, 0.4) is 0 Å². The van der Waals surface area contributed by atoms with Crippen LogP contribution >= 0.6 is 0 Å². The number of benzene rings is 1. The maximum absolute atomic E-state index is 6.02. The zero-order valence-corrected chi connectivity index (χ0v) is 12.2. The Bertz CT molecular complexity index is 1030. The zero-order chi connectivity index (χ0) is 15.4. The van der Waals surface area contributed by atoms with E-state index in [0.29, 0.717) is 23.3 Å². The van der Waals surface area contributed by atoms with E-state index in [1.54, 1.807) is 6.20 Å². The van der Waals surface area contributed by atoms with Crippen molar-refractivity contribution in [2.45, 2.75) is 18.8 Å². The lowest BCUT2D eigenvalue weighted by Gasteiger charge is -2.05. The van der Waals surface area contributed by atoms with Gasteiger partial charge in [-0.1, -0.05) is 0 Å². The minimum absolute atomic E-state index is 0.354. The molecule has 23 heavy (non-hydrogen) atoms. The number of aromatic nitrogens is 4. The van der Waals surface area contributed by atoms with Crippen molar-refractivity contribution in [1.29, 1.82) is 0 Å². The Morgan fingerprint density at radius 2 is 2.13 bits per heavy atom. The Kier molecular flexibility index (Phi) is 2.41. The molecule has 7 heteroatoms. The number of rotatable bonds is 3. The molecule has 4 aromatic rings. The summed E-state index contributed by atoms with van der Waals surface area (Å²) in [6.07, 6.45) is 4.12. The Morgan fingerprint density at radius 1 is 1.22 bits per heavy atom. The van der Waals surface area contributed by atoms with Crippen molar-refractivity contribution in [2.75, 3.05) is 11.1 Å². The normalized spacial score (nSPS) is 14.6. The first-order valence-corrected chi connectivity index (χ1v) is 7.53. The average molecular weight is 306 g/mol. The lowest BCUT2D eigenvalue weighted by molar-refractivity contribution is 0.552. The van der Waals surface area contributed by atoms with Crippen LogP contribution in [0.15, 0.2) is 34.9 Å². The number of furan rings is 1. The number of hydrogen-bond acceptors (Lipinski definition) is 6. The summed E-state index contributed by atoms with van der Waals surface area (Å²) < 4.78 is 5.78. The molecule has 3 heterocycles. The van der Waals surface area contributed by atoms with Crippen molar-refractivity contribution in [3.63, 3.8) is 0 Å². The third-order valence-corrected chi connectivity index (χ3v) is 4.09. The summed E-state index contributed by atoms with van der Waals surface area (Å²) in [4.78, 5) is 8.80. The smallest absolute Gasteiger partial charge is 0.229 e. The molecule has 3 aromatic heterocycles. The van der Waals surface area contributed by atoms with Crippen molar-refractivity contribution in [3.05, 3.63) is 36.2 Å². The van der Waals surface area contributed by atoms with Gasteiger partial charge in [0, 0.05) is 23.1 Å². The average Bonchev–Trinajstić information content (AvgIpc) is 3.12. The van der Waals surface area contributed by atoms with Crippen molar-refractivity contribution in [2.24, 2.45) is 0 Å². The van der Waals surface area contributed by atoms with Crippen LogP contribution in [0.5, 0.6) is 0 Å². The van der Waals surface area contributed by atoms with Gasteiger partial charge in [-0.3, -0.25) is 5.10 Å². The molecule has 1 aliphatic rings. The fourth-order valence-corrected chi connectivity index (χ4v) is 2.74. The van der Waals surface area contributed by atoms with Gasteiger partial charge in [-0.2, -0.15) is 10.1 Å². The number of H-pyrrole nitrogens is 1. The molecule has 0 unspecified atom stereocenters. The van der Waals surface area contributed by atoms with E-state index >= 15 is 0 Å². The molecule has 114 valence electrons. The van der Waals surface area contributed by atoms with Crippen LogP contribution in [-0.2, 0) is 0 Å². The summed E-state index contributed by atoms with van der Waals surface area (Å²) >= 11 is 0. The first kappa shape index (κ1) is 12.5. The van der Waals surface area contributed by atoms with Crippen LogP contribution < -0.4 is 11.1 Å². The third kappa shape index (κ3) is 2.09. The summed E-state index contributed by atoms with van der Waals surface area (Å²) in [5.74, 6) is 2.28. The number of fused-ring (bicyclic) bond motifs is 2. The summed E-state index contributed by atoms with van der Waals surface area (Å²) in [6, 6.07) is 7.85. The highest BCUT2D eigenvalue weighted by atomic mass is 16.3. The standard InChI is InChI=1S/C16H14N6O/c17-15-14-12(6-13(23-14)8-1-2-8)20-16(21-15)19-10-4-3-9-7-18-22-11(9)5-10/h3-8H,1-2H2,(H,18,22)(H3,17,19,20,21). The molecular formula is C16H14N6O. The predicted molar refractivity (Wildman–Crippen MR) is 87.6 cm³/mol. The van der Waals surface area contributed by atoms with Crippen LogP contribution in [-0.4, -0.2) is 20.2 Å². The van der Waals surface area contributed by atoms with Crippen molar-refractivity contribution in [1.82, 2.24) is 20.2 Å². The molecule has 0 saturated heterocycles. The van der Waals surface area contributed by atoms with Crippen LogP contribution in [0.25, 0.3) is 22.0 Å². The van der Waals surface area contributed by atoms with E-state index in [9.17, 15) is 0 Å². The monoisotopic (exact) mass is 306 g/mol. The van der Waals surface area contributed by atoms with Crippen LogP contribution in [0.1, 0.15) is 24.5 Å². The van der Waals surface area contributed by atoms with Gasteiger partial charge in [0.2, 0.25) is 5.95 Å². The number of aromatic amines is 1. The highest BCUT2D eigenvalue weighted by Crippen LogP contribution is 2.42. The molecule has 5 rings (SSSR count). The number of hydrogen-bond donors (Lipinski definition) is 3. The second-order valence-electron chi connectivity index (χ2n) is 5.87.